The summed E-state index contributed by atoms with van der Waals surface area (Å²) in [6.07, 6.45) is 0.799. The Kier molecular flexibility index (Phi) is 4.57. The number of non-ortho nitro benzene ring substituents is 1. The Morgan fingerprint density at radius 2 is 2.00 bits per heavy atom. The van der Waals surface area contributed by atoms with Crippen molar-refractivity contribution < 1.29 is 9.72 Å². The number of nitro benzene ring substituents is 1. The van der Waals surface area contributed by atoms with Crippen LogP contribution in [-0.4, -0.2) is 28.3 Å². The number of nitro groups is 1. The fourth-order valence-corrected chi connectivity index (χ4v) is 2.49. The minimum atomic E-state index is -0.420. The first-order valence-electron chi connectivity index (χ1n) is 7.25. The van der Waals surface area contributed by atoms with Crippen molar-refractivity contribution in [3.05, 3.63) is 39.9 Å². The van der Waals surface area contributed by atoms with Gasteiger partial charge in [0.25, 0.3) is 5.69 Å². The highest BCUT2D eigenvalue weighted by Gasteiger charge is 2.37. The molecule has 1 aliphatic rings. The molecule has 6 heteroatoms. The van der Waals surface area contributed by atoms with E-state index in [1.807, 2.05) is 11.8 Å². The Morgan fingerprint density at radius 3 is 2.52 bits per heavy atom. The topological polar surface area (TPSA) is 75.5 Å². The molecule has 0 bridgehead atoms. The maximum Gasteiger partial charge on any atom is 0.269 e. The Hall–Kier alpha value is -1.95. The molecule has 0 radical (unpaired) electrons. The van der Waals surface area contributed by atoms with E-state index in [1.54, 1.807) is 12.1 Å². The third-order valence-corrected chi connectivity index (χ3v) is 4.00. The molecule has 1 saturated heterocycles. The zero-order chi connectivity index (χ0) is 15.6. The Labute approximate surface area is 124 Å². The van der Waals surface area contributed by atoms with Crippen LogP contribution in [0.3, 0.4) is 0 Å². The molecule has 1 fully saturated rings. The maximum atomic E-state index is 12.3. The van der Waals surface area contributed by atoms with Crippen LogP contribution in [0.1, 0.15) is 38.9 Å². The standard InChI is InChI=1S/C15H21N3O3/c1-4-10(2)9-17-14(16-11(3)15(17)19)12-5-7-13(8-6-12)18(20)21/h5-8,10-11,14,16H,4,9H2,1-3H3. The number of rotatable bonds is 5. The molecule has 6 nitrogen and oxygen atoms in total. The number of nitrogens with one attached hydrogen (secondary N) is 1. The first-order chi connectivity index (χ1) is 9.93. The monoisotopic (exact) mass is 291 g/mol. The molecule has 0 saturated carbocycles. The van der Waals surface area contributed by atoms with Gasteiger partial charge in [0.1, 0.15) is 6.17 Å². The van der Waals surface area contributed by atoms with E-state index in [9.17, 15) is 14.9 Å². The molecule has 114 valence electrons. The molecule has 1 aromatic rings. The average molecular weight is 291 g/mol. The summed E-state index contributed by atoms with van der Waals surface area (Å²) in [5, 5.41) is 14.0. The lowest BCUT2D eigenvalue weighted by molar-refractivity contribution is -0.384. The molecule has 1 heterocycles. The molecule has 1 N–H and O–H groups in total. The summed E-state index contributed by atoms with van der Waals surface area (Å²) >= 11 is 0. The van der Waals surface area contributed by atoms with E-state index in [1.165, 1.54) is 12.1 Å². The van der Waals surface area contributed by atoms with Crippen LogP contribution in [0, 0.1) is 16.0 Å². The second-order valence-electron chi connectivity index (χ2n) is 5.64. The Balaban J connectivity index is 2.23. The molecule has 1 aliphatic heterocycles. The summed E-state index contributed by atoms with van der Waals surface area (Å²) in [6.45, 7) is 6.75. The lowest BCUT2D eigenvalue weighted by Gasteiger charge is -2.27. The molecule has 0 spiro atoms. The summed E-state index contributed by atoms with van der Waals surface area (Å²) in [6, 6.07) is 6.15. The number of carbonyl (C=O) groups excluding carboxylic acids is 1. The van der Waals surface area contributed by atoms with Crippen molar-refractivity contribution in [1.82, 2.24) is 10.2 Å². The van der Waals surface area contributed by atoms with Gasteiger partial charge in [-0.25, -0.2) is 0 Å². The highest BCUT2D eigenvalue weighted by molar-refractivity contribution is 5.84. The van der Waals surface area contributed by atoms with E-state index in [-0.39, 0.29) is 23.8 Å². The highest BCUT2D eigenvalue weighted by Crippen LogP contribution is 2.28. The Bertz CT molecular complexity index is 529. The molecule has 0 aliphatic carbocycles. The predicted octanol–water partition coefficient (Wildman–Crippen LogP) is 2.46. The van der Waals surface area contributed by atoms with Crippen LogP contribution in [0.15, 0.2) is 24.3 Å². The van der Waals surface area contributed by atoms with Crippen LogP contribution in [0.5, 0.6) is 0 Å². The van der Waals surface area contributed by atoms with Crippen LogP contribution in [0.4, 0.5) is 5.69 Å². The molecular formula is C15H21N3O3. The number of carbonyl (C=O) groups is 1. The van der Waals surface area contributed by atoms with Crippen LogP contribution in [0.2, 0.25) is 0 Å². The lowest BCUT2D eigenvalue weighted by atomic mass is 10.1. The quantitative estimate of drug-likeness (QED) is 0.668. The van der Waals surface area contributed by atoms with E-state index >= 15 is 0 Å². The first kappa shape index (κ1) is 15.4. The van der Waals surface area contributed by atoms with Crippen molar-refractivity contribution in [3.8, 4) is 0 Å². The summed E-state index contributed by atoms with van der Waals surface area (Å²) in [7, 11) is 0. The van der Waals surface area contributed by atoms with Gasteiger partial charge in [-0.15, -0.1) is 0 Å². The zero-order valence-corrected chi connectivity index (χ0v) is 12.6. The van der Waals surface area contributed by atoms with E-state index in [0.717, 1.165) is 12.0 Å². The first-order valence-corrected chi connectivity index (χ1v) is 7.25. The van der Waals surface area contributed by atoms with Gasteiger partial charge < -0.3 is 4.90 Å². The Morgan fingerprint density at radius 1 is 1.38 bits per heavy atom. The maximum absolute atomic E-state index is 12.3. The third-order valence-electron chi connectivity index (χ3n) is 4.00. The van der Waals surface area contributed by atoms with Gasteiger partial charge in [0, 0.05) is 18.7 Å². The molecular weight excluding hydrogens is 270 g/mol. The van der Waals surface area contributed by atoms with Gasteiger partial charge in [-0.05, 0) is 30.5 Å². The van der Waals surface area contributed by atoms with Crippen LogP contribution >= 0.6 is 0 Å². The zero-order valence-electron chi connectivity index (χ0n) is 12.6. The second-order valence-corrected chi connectivity index (χ2v) is 5.64. The van der Waals surface area contributed by atoms with Crippen molar-refractivity contribution in [2.75, 3.05) is 6.54 Å². The van der Waals surface area contributed by atoms with Gasteiger partial charge in [-0.3, -0.25) is 20.2 Å². The molecule has 1 amide bonds. The molecule has 2 rings (SSSR count). The van der Waals surface area contributed by atoms with Gasteiger partial charge in [0.2, 0.25) is 5.91 Å². The molecule has 3 atom stereocenters. The molecule has 0 aromatic heterocycles. The number of hydrogen-bond donors (Lipinski definition) is 1. The van der Waals surface area contributed by atoms with Gasteiger partial charge in [0.05, 0.1) is 11.0 Å². The third kappa shape index (κ3) is 3.21. The van der Waals surface area contributed by atoms with Crippen molar-refractivity contribution in [3.63, 3.8) is 0 Å². The second kappa shape index (κ2) is 6.22. The lowest BCUT2D eigenvalue weighted by Crippen LogP contribution is -2.34. The minimum absolute atomic E-state index is 0.0598. The van der Waals surface area contributed by atoms with Gasteiger partial charge in [-0.2, -0.15) is 0 Å². The molecule has 1 aromatic carbocycles. The molecule has 21 heavy (non-hydrogen) atoms. The highest BCUT2D eigenvalue weighted by atomic mass is 16.6. The van der Waals surface area contributed by atoms with E-state index in [0.29, 0.717) is 12.5 Å². The van der Waals surface area contributed by atoms with Crippen LogP contribution < -0.4 is 5.32 Å². The smallest absolute Gasteiger partial charge is 0.269 e. The van der Waals surface area contributed by atoms with E-state index in [4.69, 9.17) is 0 Å². The van der Waals surface area contributed by atoms with E-state index < -0.39 is 4.92 Å². The summed E-state index contributed by atoms with van der Waals surface area (Å²) in [5.74, 6) is 0.500. The van der Waals surface area contributed by atoms with Crippen molar-refractivity contribution in [1.29, 1.82) is 0 Å². The number of benzene rings is 1. The number of hydrogen-bond acceptors (Lipinski definition) is 4. The average Bonchev–Trinajstić information content (AvgIpc) is 2.75. The van der Waals surface area contributed by atoms with Crippen molar-refractivity contribution >= 4 is 11.6 Å². The largest absolute Gasteiger partial charge is 0.321 e. The number of nitrogens with zero attached hydrogens (tertiary/aromatic N) is 2. The normalized spacial score (nSPS) is 23.4. The van der Waals surface area contributed by atoms with Crippen LogP contribution in [0.25, 0.3) is 0 Å². The van der Waals surface area contributed by atoms with Crippen molar-refractivity contribution in [2.24, 2.45) is 5.92 Å². The summed E-state index contributed by atoms with van der Waals surface area (Å²) in [5.41, 5.74) is 0.936. The van der Waals surface area contributed by atoms with Crippen LogP contribution in [-0.2, 0) is 4.79 Å². The summed E-state index contributed by atoms with van der Waals surface area (Å²) in [4.78, 5) is 24.4. The fourth-order valence-electron chi connectivity index (χ4n) is 2.49. The van der Waals surface area contributed by atoms with Gasteiger partial charge in [-0.1, -0.05) is 20.3 Å². The SMILES string of the molecule is CCC(C)CN1C(=O)C(C)NC1c1ccc([N+](=O)[O-])cc1. The number of amides is 1. The van der Waals surface area contributed by atoms with Gasteiger partial charge >= 0.3 is 0 Å². The predicted molar refractivity (Wildman–Crippen MR) is 79.6 cm³/mol. The van der Waals surface area contributed by atoms with E-state index in [2.05, 4.69) is 19.2 Å². The van der Waals surface area contributed by atoms with Gasteiger partial charge in [0.15, 0.2) is 0 Å². The fraction of sp³-hybridized carbons (Fsp3) is 0.533. The molecule has 3 unspecified atom stereocenters. The summed E-state index contributed by atoms with van der Waals surface area (Å²) < 4.78 is 0. The minimum Gasteiger partial charge on any atom is -0.321 e. The van der Waals surface area contributed by atoms with Crippen molar-refractivity contribution in [2.45, 2.75) is 39.4 Å².